The number of hydrogen-bond donors (Lipinski definition) is 3. The molecule has 3 aromatic rings. The van der Waals surface area contributed by atoms with Gasteiger partial charge in [0, 0.05) is 43.6 Å². The molecule has 1 saturated heterocycles. The fraction of sp³-hybridized carbons (Fsp3) is 0.517. The van der Waals surface area contributed by atoms with E-state index in [9.17, 15) is 4.79 Å². The SMILES string of the molecule is CCC1CN=CCC1CNC(=O)c1cccc(NCc2nnc(-c3ccncn3)n2CCOC[C@H]2CCNC2)c1. The molecule has 2 aliphatic rings. The van der Waals surface area contributed by atoms with E-state index in [0.717, 1.165) is 57.0 Å². The van der Waals surface area contributed by atoms with Crippen LogP contribution in [0.2, 0.25) is 0 Å². The summed E-state index contributed by atoms with van der Waals surface area (Å²) in [5, 5.41) is 18.8. The Hall–Kier alpha value is -3.70. The summed E-state index contributed by atoms with van der Waals surface area (Å²) in [6.45, 7) is 8.12. The zero-order valence-electron chi connectivity index (χ0n) is 23.1. The van der Waals surface area contributed by atoms with Crippen molar-refractivity contribution < 1.29 is 9.53 Å². The molecule has 0 aliphatic carbocycles. The van der Waals surface area contributed by atoms with E-state index in [-0.39, 0.29) is 5.91 Å². The standard InChI is InChI=1S/C29H39N9O2/c1-2-22-16-31-10-7-24(22)17-34-29(39)23-4-3-5-25(14-23)33-18-27-36-37-28(26-8-11-32-20-35-26)38(27)12-13-40-19-21-6-9-30-15-21/h3-5,8,10-11,14,20-22,24,30,33H,2,6-7,9,12-13,15-19H2,1H3,(H,34,39)/t21-,22?,24?/m0/s1. The first-order valence-corrected chi connectivity index (χ1v) is 14.3. The highest BCUT2D eigenvalue weighted by Gasteiger charge is 2.22. The van der Waals surface area contributed by atoms with Gasteiger partial charge in [-0.1, -0.05) is 19.4 Å². The van der Waals surface area contributed by atoms with Crippen LogP contribution in [0.25, 0.3) is 11.5 Å². The fourth-order valence-corrected chi connectivity index (χ4v) is 5.33. The van der Waals surface area contributed by atoms with Crippen molar-refractivity contribution in [3.8, 4) is 11.5 Å². The third-order valence-corrected chi connectivity index (χ3v) is 7.78. The number of anilines is 1. The first kappa shape index (κ1) is 27.9. The van der Waals surface area contributed by atoms with Gasteiger partial charge in [0.25, 0.3) is 5.91 Å². The maximum Gasteiger partial charge on any atom is 0.251 e. The predicted molar refractivity (Wildman–Crippen MR) is 154 cm³/mol. The first-order valence-electron chi connectivity index (χ1n) is 14.3. The molecule has 40 heavy (non-hydrogen) atoms. The van der Waals surface area contributed by atoms with E-state index in [1.807, 2.05) is 41.1 Å². The monoisotopic (exact) mass is 545 g/mol. The Morgan fingerprint density at radius 2 is 2.17 bits per heavy atom. The lowest BCUT2D eigenvalue weighted by molar-refractivity contribution is 0.0941. The van der Waals surface area contributed by atoms with Gasteiger partial charge < -0.3 is 25.3 Å². The molecule has 2 aromatic heterocycles. The highest BCUT2D eigenvalue weighted by Crippen LogP contribution is 2.22. The highest BCUT2D eigenvalue weighted by molar-refractivity contribution is 5.95. The average molecular weight is 546 g/mol. The van der Waals surface area contributed by atoms with E-state index in [4.69, 9.17) is 4.74 Å². The number of aliphatic imine (C=N–C) groups is 1. The molecule has 1 fully saturated rings. The molecule has 11 heteroatoms. The zero-order valence-corrected chi connectivity index (χ0v) is 23.1. The molecule has 3 N–H and O–H groups in total. The number of carbonyl (C=O) groups is 1. The minimum absolute atomic E-state index is 0.0650. The number of nitrogens with zero attached hydrogens (tertiary/aromatic N) is 6. The van der Waals surface area contributed by atoms with E-state index in [2.05, 4.69) is 48.0 Å². The number of amides is 1. The van der Waals surface area contributed by atoms with Crippen LogP contribution < -0.4 is 16.0 Å². The lowest BCUT2D eigenvalue weighted by atomic mass is 9.86. The summed E-state index contributed by atoms with van der Waals surface area (Å²) >= 11 is 0. The number of nitrogens with one attached hydrogen (secondary N) is 3. The molecular weight excluding hydrogens is 506 g/mol. The Labute approximate surface area is 235 Å². The molecule has 0 saturated carbocycles. The topological polar surface area (TPSA) is 131 Å². The molecule has 1 aromatic carbocycles. The Morgan fingerprint density at radius 3 is 3.00 bits per heavy atom. The van der Waals surface area contributed by atoms with Crippen molar-refractivity contribution in [2.45, 2.75) is 39.3 Å². The molecule has 5 rings (SSSR count). The van der Waals surface area contributed by atoms with Gasteiger partial charge in [-0.2, -0.15) is 0 Å². The summed E-state index contributed by atoms with van der Waals surface area (Å²) in [4.78, 5) is 25.7. The lowest BCUT2D eigenvalue weighted by Gasteiger charge is -2.27. The van der Waals surface area contributed by atoms with Crippen LogP contribution in [0.1, 0.15) is 42.4 Å². The van der Waals surface area contributed by atoms with E-state index < -0.39 is 0 Å². The maximum atomic E-state index is 12.9. The van der Waals surface area contributed by atoms with Gasteiger partial charge in [-0.3, -0.25) is 9.79 Å². The molecule has 3 atom stereocenters. The molecule has 0 spiro atoms. The minimum atomic E-state index is -0.0650. The summed E-state index contributed by atoms with van der Waals surface area (Å²) in [7, 11) is 0. The molecule has 0 bridgehead atoms. The van der Waals surface area contributed by atoms with Gasteiger partial charge in [0.15, 0.2) is 11.6 Å². The van der Waals surface area contributed by atoms with Gasteiger partial charge >= 0.3 is 0 Å². The fourth-order valence-electron chi connectivity index (χ4n) is 5.33. The van der Waals surface area contributed by atoms with Crippen molar-refractivity contribution in [3.05, 3.63) is 54.2 Å². The van der Waals surface area contributed by atoms with Crippen molar-refractivity contribution in [2.24, 2.45) is 22.7 Å². The summed E-state index contributed by atoms with van der Waals surface area (Å²) in [6, 6.07) is 9.38. The molecule has 0 radical (unpaired) electrons. The van der Waals surface area contributed by atoms with E-state index in [1.165, 1.54) is 6.33 Å². The smallest absolute Gasteiger partial charge is 0.251 e. The van der Waals surface area contributed by atoms with Crippen LogP contribution in [0, 0.1) is 17.8 Å². The second kappa shape index (κ2) is 14.1. The van der Waals surface area contributed by atoms with Crippen molar-refractivity contribution in [3.63, 3.8) is 0 Å². The summed E-state index contributed by atoms with van der Waals surface area (Å²) in [5.74, 6) is 2.90. The van der Waals surface area contributed by atoms with Crippen molar-refractivity contribution in [1.29, 1.82) is 0 Å². The third kappa shape index (κ3) is 7.28. The molecule has 212 valence electrons. The molecule has 2 aliphatic heterocycles. The summed E-state index contributed by atoms with van der Waals surface area (Å²) < 4.78 is 8.04. The Morgan fingerprint density at radius 1 is 1.23 bits per heavy atom. The Bertz CT molecular complexity index is 1260. The van der Waals surface area contributed by atoms with E-state index >= 15 is 0 Å². The second-order valence-corrected chi connectivity index (χ2v) is 10.5. The van der Waals surface area contributed by atoms with Crippen LogP contribution in [0.3, 0.4) is 0 Å². The molecule has 2 unspecified atom stereocenters. The maximum absolute atomic E-state index is 12.9. The van der Waals surface area contributed by atoms with Gasteiger partial charge in [0.2, 0.25) is 0 Å². The highest BCUT2D eigenvalue weighted by atomic mass is 16.5. The molecule has 4 heterocycles. The van der Waals surface area contributed by atoms with Crippen molar-refractivity contribution in [2.75, 3.05) is 44.7 Å². The van der Waals surface area contributed by atoms with Crippen LogP contribution in [0.4, 0.5) is 5.69 Å². The van der Waals surface area contributed by atoms with Crippen molar-refractivity contribution in [1.82, 2.24) is 35.4 Å². The number of ether oxygens (including phenoxy) is 1. The van der Waals surface area contributed by atoms with E-state index in [0.29, 0.717) is 61.1 Å². The van der Waals surface area contributed by atoms with Crippen LogP contribution in [0.5, 0.6) is 0 Å². The Balaban J connectivity index is 1.20. The predicted octanol–water partition coefficient (Wildman–Crippen LogP) is 2.82. The molecule has 1 amide bonds. The number of aromatic nitrogens is 5. The van der Waals surface area contributed by atoms with E-state index in [1.54, 1.807) is 6.20 Å². The van der Waals surface area contributed by atoms with Gasteiger partial charge in [0.1, 0.15) is 12.0 Å². The molecular formula is C29H39N9O2. The Kier molecular flexibility index (Phi) is 9.81. The summed E-state index contributed by atoms with van der Waals surface area (Å²) in [5.41, 5.74) is 2.18. The molecule has 11 nitrogen and oxygen atoms in total. The first-order chi connectivity index (χ1) is 19.7. The van der Waals surface area contributed by atoms with Crippen LogP contribution in [-0.2, 0) is 17.8 Å². The van der Waals surface area contributed by atoms with Gasteiger partial charge in [-0.25, -0.2) is 9.97 Å². The van der Waals surface area contributed by atoms with Gasteiger partial charge in [-0.05, 0) is 67.6 Å². The quantitative estimate of drug-likeness (QED) is 0.280. The largest absolute Gasteiger partial charge is 0.379 e. The number of rotatable bonds is 13. The minimum Gasteiger partial charge on any atom is -0.379 e. The third-order valence-electron chi connectivity index (χ3n) is 7.78. The van der Waals surface area contributed by atoms with Crippen LogP contribution in [-0.4, -0.2) is 76.2 Å². The average Bonchev–Trinajstić information content (AvgIpc) is 3.68. The second-order valence-electron chi connectivity index (χ2n) is 10.5. The van der Waals surface area contributed by atoms with Crippen LogP contribution in [0.15, 0.2) is 47.8 Å². The normalized spacial score (nSPS) is 20.5. The summed E-state index contributed by atoms with van der Waals surface area (Å²) in [6.07, 6.45) is 8.34. The number of carbonyl (C=O) groups excluding carboxylic acids is 1. The lowest BCUT2D eigenvalue weighted by Crippen LogP contribution is -2.35. The van der Waals surface area contributed by atoms with Crippen LogP contribution >= 0.6 is 0 Å². The zero-order chi connectivity index (χ0) is 27.6. The number of benzene rings is 1. The van der Waals surface area contributed by atoms with Crippen molar-refractivity contribution >= 4 is 17.8 Å². The van der Waals surface area contributed by atoms with Gasteiger partial charge in [-0.15, -0.1) is 10.2 Å². The van der Waals surface area contributed by atoms with Gasteiger partial charge in [0.05, 0.1) is 19.8 Å². The number of hydrogen-bond acceptors (Lipinski definition) is 9.